The standard InChI is InChI=1S/C24H20N6O/c1-29-15-20(14-27-29)19-12-22-24(26-9-10-30(22)16-19)18-4-6-21(7-5-18)28-23(31)11-17-3-2-8-25-13-17/h2-10,12-16H,11H2,1H3,(H,28,31). The molecule has 0 unspecified atom stereocenters. The normalized spacial score (nSPS) is 11.0. The van der Waals surface area contributed by atoms with Crippen molar-refractivity contribution in [2.24, 2.45) is 7.05 Å². The van der Waals surface area contributed by atoms with Crippen LogP contribution < -0.4 is 5.32 Å². The second-order valence-corrected chi connectivity index (χ2v) is 7.36. The van der Waals surface area contributed by atoms with Crippen LogP contribution in [0.2, 0.25) is 0 Å². The van der Waals surface area contributed by atoms with Gasteiger partial charge < -0.3 is 9.72 Å². The molecule has 0 aliphatic heterocycles. The second kappa shape index (κ2) is 7.87. The summed E-state index contributed by atoms with van der Waals surface area (Å²) in [5.74, 6) is -0.0753. The maximum absolute atomic E-state index is 12.3. The lowest BCUT2D eigenvalue weighted by atomic mass is 10.1. The Labute approximate surface area is 179 Å². The maximum atomic E-state index is 12.3. The largest absolute Gasteiger partial charge is 0.326 e. The van der Waals surface area contributed by atoms with Gasteiger partial charge in [-0.25, -0.2) is 0 Å². The Morgan fingerprint density at radius 2 is 1.87 bits per heavy atom. The molecule has 0 atom stereocenters. The van der Waals surface area contributed by atoms with Crippen molar-refractivity contribution in [3.63, 3.8) is 0 Å². The molecule has 0 aliphatic carbocycles. The van der Waals surface area contributed by atoms with Crippen molar-refractivity contribution in [2.45, 2.75) is 6.42 Å². The molecule has 31 heavy (non-hydrogen) atoms. The summed E-state index contributed by atoms with van der Waals surface area (Å²) in [5, 5.41) is 7.19. The minimum absolute atomic E-state index is 0.0753. The Morgan fingerprint density at radius 3 is 2.61 bits per heavy atom. The summed E-state index contributed by atoms with van der Waals surface area (Å²) >= 11 is 0. The van der Waals surface area contributed by atoms with Crippen LogP contribution in [0.5, 0.6) is 0 Å². The van der Waals surface area contributed by atoms with E-state index < -0.39 is 0 Å². The summed E-state index contributed by atoms with van der Waals surface area (Å²) in [6, 6.07) is 13.6. The minimum atomic E-state index is -0.0753. The van der Waals surface area contributed by atoms with E-state index in [-0.39, 0.29) is 12.3 Å². The molecule has 0 saturated carbocycles. The van der Waals surface area contributed by atoms with Gasteiger partial charge in [0.1, 0.15) is 0 Å². The van der Waals surface area contributed by atoms with E-state index in [9.17, 15) is 4.79 Å². The minimum Gasteiger partial charge on any atom is -0.326 e. The first-order valence-corrected chi connectivity index (χ1v) is 9.91. The number of rotatable bonds is 5. The molecule has 4 heterocycles. The van der Waals surface area contributed by atoms with Crippen LogP contribution in [0.15, 0.2) is 85.8 Å². The Kier molecular flexibility index (Phi) is 4.76. The van der Waals surface area contributed by atoms with Crippen molar-refractivity contribution in [1.29, 1.82) is 0 Å². The van der Waals surface area contributed by atoms with Crippen LogP contribution in [0, 0.1) is 0 Å². The number of carbonyl (C=O) groups excluding carboxylic acids is 1. The molecule has 4 aromatic heterocycles. The highest BCUT2D eigenvalue weighted by atomic mass is 16.1. The number of fused-ring (bicyclic) bond motifs is 1. The molecule has 0 spiro atoms. The molecule has 5 rings (SSSR count). The average molecular weight is 408 g/mol. The van der Waals surface area contributed by atoms with Crippen LogP contribution in [-0.4, -0.2) is 30.1 Å². The number of hydrogen-bond donors (Lipinski definition) is 1. The van der Waals surface area contributed by atoms with Crippen molar-refractivity contribution in [3.8, 4) is 22.4 Å². The summed E-state index contributed by atoms with van der Waals surface area (Å²) in [7, 11) is 1.91. The van der Waals surface area contributed by atoms with Crippen LogP contribution in [0.1, 0.15) is 5.56 Å². The molecule has 0 radical (unpaired) electrons. The van der Waals surface area contributed by atoms with Gasteiger partial charge >= 0.3 is 0 Å². The number of aryl methyl sites for hydroxylation is 1. The number of nitrogens with zero attached hydrogens (tertiary/aromatic N) is 5. The van der Waals surface area contributed by atoms with Crippen LogP contribution in [0.4, 0.5) is 5.69 Å². The van der Waals surface area contributed by atoms with E-state index in [0.717, 1.165) is 39.2 Å². The van der Waals surface area contributed by atoms with Gasteiger partial charge in [0, 0.05) is 66.6 Å². The van der Waals surface area contributed by atoms with Crippen molar-refractivity contribution in [2.75, 3.05) is 5.32 Å². The lowest BCUT2D eigenvalue weighted by molar-refractivity contribution is -0.115. The zero-order valence-electron chi connectivity index (χ0n) is 16.9. The van der Waals surface area contributed by atoms with Gasteiger partial charge in [-0.3, -0.25) is 19.4 Å². The molecule has 0 aliphatic rings. The molecule has 1 aromatic carbocycles. The summed E-state index contributed by atoms with van der Waals surface area (Å²) in [5.41, 5.74) is 6.64. The number of anilines is 1. The predicted octanol–water partition coefficient (Wildman–Crippen LogP) is 3.98. The highest BCUT2D eigenvalue weighted by Crippen LogP contribution is 2.29. The van der Waals surface area contributed by atoms with Gasteiger partial charge in [-0.05, 0) is 29.8 Å². The molecule has 1 amide bonds. The number of amides is 1. The Morgan fingerprint density at radius 1 is 1.00 bits per heavy atom. The number of benzene rings is 1. The number of pyridine rings is 1. The maximum Gasteiger partial charge on any atom is 0.228 e. The van der Waals surface area contributed by atoms with Crippen LogP contribution in [0.3, 0.4) is 0 Å². The second-order valence-electron chi connectivity index (χ2n) is 7.36. The molecular formula is C24H20N6O. The third-order valence-corrected chi connectivity index (χ3v) is 5.09. The fourth-order valence-corrected chi connectivity index (χ4v) is 3.59. The van der Waals surface area contributed by atoms with Crippen molar-refractivity contribution < 1.29 is 4.79 Å². The molecule has 0 fully saturated rings. The summed E-state index contributed by atoms with van der Waals surface area (Å²) < 4.78 is 3.85. The van der Waals surface area contributed by atoms with Gasteiger partial charge in [0.25, 0.3) is 0 Å². The lowest BCUT2D eigenvalue weighted by Gasteiger charge is -2.07. The van der Waals surface area contributed by atoms with Crippen LogP contribution in [-0.2, 0) is 18.3 Å². The quantitative estimate of drug-likeness (QED) is 0.477. The molecule has 7 heteroatoms. The molecule has 0 bridgehead atoms. The predicted molar refractivity (Wildman–Crippen MR) is 119 cm³/mol. The molecule has 1 N–H and O–H groups in total. The third kappa shape index (κ3) is 3.93. The van der Waals surface area contributed by atoms with E-state index in [4.69, 9.17) is 0 Å². The molecular weight excluding hydrogens is 388 g/mol. The van der Waals surface area contributed by atoms with E-state index in [2.05, 4.69) is 37.0 Å². The van der Waals surface area contributed by atoms with E-state index in [0.29, 0.717) is 0 Å². The van der Waals surface area contributed by atoms with Crippen molar-refractivity contribution >= 4 is 17.1 Å². The van der Waals surface area contributed by atoms with Crippen LogP contribution in [0.25, 0.3) is 27.9 Å². The smallest absolute Gasteiger partial charge is 0.228 e. The molecule has 5 aromatic rings. The number of nitrogens with one attached hydrogen (secondary N) is 1. The number of aromatic nitrogens is 5. The fraction of sp³-hybridized carbons (Fsp3) is 0.0833. The highest BCUT2D eigenvalue weighted by molar-refractivity contribution is 5.92. The van der Waals surface area contributed by atoms with Crippen molar-refractivity contribution in [3.05, 3.63) is 91.4 Å². The Hall–Kier alpha value is -4.26. The average Bonchev–Trinajstić information content (AvgIpc) is 3.41. The first kappa shape index (κ1) is 18.7. The number of hydrogen-bond acceptors (Lipinski definition) is 4. The lowest BCUT2D eigenvalue weighted by Crippen LogP contribution is -2.14. The van der Waals surface area contributed by atoms with Gasteiger partial charge in [-0.2, -0.15) is 5.10 Å². The van der Waals surface area contributed by atoms with Gasteiger partial charge in [0.2, 0.25) is 5.91 Å². The third-order valence-electron chi connectivity index (χ3n) is 5.09. The zero-order valence-corrected chi connectivity index (χ0v) is 16.9. The first-order chi connectivity index (χ1) is 15.2. The van der Waals surface area contributed by atoms with E-state index in [1.807, 2.05) is 62.0 Å². The molecule has 0 saturated heterocycles. The Bertz CT molecular complexity index is 1350. The highest BCUT2D eigenvalue weighted by Gasteiger charge is 2.11. The van der Waals surface area contributed by atoms with E-state index in [1.54, 1.807) is 23.3 Å². The van der Waals surface area contributed by atoms with Crippen molar-refractivity contribution in [1.82, 2.24) is 24.1 Å². The number of carbonyl (C=O) groups is 1. The summed E-state index contributed by atoms with van der Waals surface area (Å²) in [6.45, 7) is 0. The summed E-state index contributed by atoms with van der Waals surface area (Å²) in [6.07, 6.45) is 13.3. The van der Waals surface area contributed by atoms with Gasteiger partial charge in [-0.15, -0.1) is 0 Å². The van der Waals surface area contributed by atoms with Crippen LogP contribution >= 0.6 is 0 Å². The topological polar surface area (TPSA) is 77.1 Å². The SMILES string of the molecule is Cn1cc(-c2cc3c(-c4ccc(NC(=O)Cc5cccnc5)cc4)nccn3c2)cn1. The Balaban J connectivity index is 1.38. The first-order valence-electron chi connectivity index (χ1n) is 9.91. The molecule has 7 nitrogen and oxygen atoms in total. The van der Waals surface area contributed by atoms with Gasteiger partial charge in [-0.1, -0.05) is 18.2 Å². The van der Waals surface area contributed by atoms with E-state index >= 15 is 0 Å². The molecule has 152 valence electrons. The van der Waals surface area contributed by atoms with E-state index in [1.165, 1.54) is 0 Å². The van der Waals surface area contributed by atoms with Gasteiger partial charge in [0.05, 0.1) is 23.8 Å². The summed E-state index contributed by atoms with van der Waals surface area (Å²) in [4.78, 5) is 20.9. The fourth-order valence-electron chi connectivity index (χ4n) is 3.59. The monoisotopic (exact) mass is 408 g/mol. The van der Waals surface area contributed by atoms with Gasteiger partial charge in [0.15, 0.2) is 0 Å². The zero-order chi connectivity index (χ0) is 21.2.